The van der Waals surface area contributed by atoms with E-state index in [0.29, 0.717) is 12.0 Å². The Bertz CT molecular complexity index is 430. The summed E-state index contributed by atoms with van der Waals surface area (Å²) in [6.07, 6.45) is 1.50. The lowest BCUT2D eigenvalue weighted by molar-refractivity contribution is -0.123. The van der Waals surface area contributed by atoms with Crippen LogP contribution in [-0.4, -0.2) is 10.9 Å². The Kier molecular flexibility index (Phi) is 3.02. The van der Waals surface area contributed by atoms with Crippen molar-refractivity contribution in [3.05, 3.63) is 35.4 Å². The summed E-state index contributed by atoms with van der Waals surface area (Å²) in [6, 6.07) is 8.79. The van der Waals surface area contributed by atoms with Crippen LogP contribution in [0.3, 0.4) is 0 Å². The lowest BCUT2D eigenvalue weighted by atomic mass is 9.93. The number of aliphatic hydroxyl groups is 1. The molecule has 0 aromatic heterocycles. The number of carbonyl (C=O) groups is 1. The van der Waals surface area contributed by atoms with Gasteiger partial charge in [-0.05, 0) is 30.5 Å². The predicted molar refractivity (Wildman–Crippen MR) is 58.5 cm³/mol. The average molecular weight is 215 g/mol. The molecule has 1 aromatic carbocycles. The van der Waals surface area contributed by atoms with Gasteiger partial charge in [-0.2, -0.15) is 5.26 Å². The van der Waals surface area contributed by atoms with E-state index in [9.17, 15) is 9.90 Å². The van der Waals surface area contributed by atoms with Gasteiger partial charge in [0.25, 0.3) is 0 Å². The maximum Gasteiger partial charge on any atom is 0.138 e. The molecule has 1 saturated carbocycles. The number of nitriles is 1. The first kappa shape index (κ1) is 10.8. The SMILES string of the molecule is N#Cc1ccc([C@@H](O)[C@H]2CCCC2=O)cc1. The van der Waals surface area contributed by atoms with Crippen LogP contribution in [0.5, 0.6) is 0 Å². The van der Waals surface area contributed by atoms with Gasteiger partial charge in [-0.15, -0.1) is 0 Å². The van der Waals surface area contributed by atoms with E-state index in [1.807, 2.05) is 6.07 Å². The minimum atomic E-state index is -0.720. The minimum absolute atomic E-state index is 0.150. The largest absolute Gasteiger partial charge is 0.388 e. The molecular formula is C13H13NO2. The molecule has 0 spiro atoms. The first-order valence-corrected chi connectivity index (χ1v) is 5.43. The number of hydrogen-bond acceptors (Lipinski definition) is 3. The molecule has 2 atom stereocenters. The molecule has 0 saturated heterocycles. The molecule has 1 aliphatic carbocycles. The molecule has 0 radical (unpaired) electrons. The molecule has 82 valence electrons. The van der Waals surface area contributed by atoms with Crippen molar-refractivity contribution < 1.29 is 9.90 Å². The molecule has 3 nitrogen and oxygen atoms in total. The third-order valence-electron chi connectivity index (χ3n) is 3.11. The van der Waals surface area contributed by atoms with Crippen molar-refractivity contribution in [3.63, 3.8) is 0 Å². The molecule has 1 aliphatic rings. The number of carbonyl (C=O) groups excluding carboxylic acids is 1. The Morgan fingerprint density at radius 2 is 2.06 bits per heavy atom. The first-order valence-electron chi connectivity index (χ1n) is 5.43. The lowest BCUT2D eigenvalue weighted by Gasteiger charge is -2.16. The van der Waals surface area contributed by atoms with E-state index in [4.69, 9.17) is 5.26 Å². The maximum atomic E-state index is 11.5. The second-order valence-electron chi connectivity index (χ2n) is 4.14. The molecule has 3 heteroatoms. The number of ketones is 1. The fraction of sp³-hybridized carbons (Fsp3) is 0.385. The highest BCUT2D eigenvalue weighted by Gasteiger charge is 2.31. The molecule has 0 aliphatic heterocycles. The van der Waals surface area contributed by atoms with E-state index in [1.165, 1.54) is 0 Å². The Labute approximate surface area is 94.3 Å². The second-order valence-corrected chi connectivity index (χ2v) is 4.14. The summed E-state index contributed by atoms with van der Waals surface area (Å²) in [6.45, 7) is 0. The Morgan fingerprint density at radius 1 is 1.38 bits per heavy atom. The molecule has 1 N–H and O–H groups in total. The zero-order valence-electron chi connectivity index (χ0n) is 8.89. The maximum absolute atomic E-state index is 11.5. The van der Waals surface area contributed by atoms with E-state index < -0.39 is 6.10 Å². The first-order chi connectivity index (χ1) is 7.72. The van der Waals surface area contributed by atoms with Crippen molar-refractivity contribution in [2.24, 2.45) is 5.92 Å². The summed E-state index contributed by atoms with van der Waals surface area (Å²) in [5, 5.41) is 18.7. The quantitative estimate of drug-likeness (QED) is 0.820. The summed E-state index contributed by atoms with van der Waals surface area (Å²) in [5.74, 6) is -0.107. The van der Waals surface area contributed by atoms with Crippen LogP contribution in [0.25, 0.3) is 0 Å². The van der Waals surface area contributed by atoms with E-state index in [1.54, 1.807) is 24.3 Å². The standard InChI is InChI=1S/C13H13NO2/c14-8-9-4-6-10(7-5-9)13(16)11-2-1-3-12(11)15/h4-7,11,13,16H,1-3H2/t11-,13+/m0/s1. The van der Waals surface area contributed by atoms with Crippen molar-refractivity contribution in [3.8, 4) is 6.07 Å². The lowest BCUT2D eigenvalue weighted by Crippen LogP contribution is -2.16. The van der Waals surface area contributed by atoms with Gasteiger partial charge in [0, 0.05) is 12.3 Å². The molecule has 16 heavy (non-hydrogen) atoms. The zero-order chi connectivity index (χ0) is 11.5. The molecule has 0 unspecified atom stereocenters. The summed E-state index contributed by atoms with van der Waals surface area (Å²) in [7, 11) is 0. The Balaban J connectivity index is 2.17. The van der Waals surface area contributed by atoms with E-state index in [0.717, 1.165) is 18.4 Å². The van der Waals surface area contributed by atoms with Gasteiger partial charge in [0.2, 0.25) is 0 Å². The molecule has 1 fully saturated rings. The van der Waals surface area contributed by atoms with Crippen LogP contribution in [0.1, 0.15) is 36.5 Å². The van der Waals surface area contributed by atoms with Gasteiger partial charge in [-0.25, -0.2) is 0 Å². The van der Waals surface area contributed by atoms with Crippen molar-refractivity contribution in [1.82, 2.24) is 0 Å². The highest BCUT2D eigenvalue weighted by atomic mass is 16.3. The van der Waals surface area contributed by atoms with Crippen molar-refractivity contribution in [1.29, 1.82) is 5.26 Å². The predicted octanol–water partition coefficient (Wildman–Crippen LogP) is 1.96. The van der Waals surface area contributed by atoms with Gasteiger partial charge >= 0.3 is 0 Å². The Hall–Kier alpha value is -1.66. The van der Waals surface area contributed by atoms with Crippen LogP contribution in [0.4, 0.5) is 0 Å². The third kappa shape index (κ3) is 1.98. The molecule has 0 heterocycles. The number of benzene rings is 1. The molecule has 1 aromatic rings. The van der Waals surface area contributed by atoms with Gasteiger partial charge in [-0.1, -0.05) is 12.1 Å². The van der Waals surface area contributed by atoms with E-state index in [-0.39, 0.29) is 11.7 Å². The van der Waals surface area contributed by atoms with Crippen LogP contribution >= 0.6 is 0 Å². The number of Topliss-reactive ketones (excluding diaryl/α,β-unsaturated/α-hetero) is 1. The van der Waals surface area contributed by atoms with E-state index in [2.05, 4.69) is 0 Å². The summed E-state index contributed by atoms with van der Waals surface area (Å²) in [5.41, 5.74) is 1.29. The van der Waals surface area contributed by atoms with Gasteiger partial charge in [-0.3, -0.25) is 4.79 Å². The van der Waals surface area contributed by atoms with Gasteiger partial charge in [0.1, 0.15) is 5.78 Å². The van der Waals surface area contributed by atoms with Crippen molar-refractivity contribution in [2.75, 3.05) is 0 Å². The van der Waals surface area contributed by atoms with Crippen molar-refractivity contribution in [2.45, 2.75) is 25.4 Å². The van der Waals surface area contributed by atoms with E-state index >= 15 is 0 Å². The number of aliphatic hydroxyl groups excluding tert-OH is 1. The van der Waals surface area contributed by atoms with Gasteiger partial charge < -0.3 is 5.11 Å². The highest BCUT2D eigenvalue weighted by molar-refractivity contribution is 5.83. The highest BCUT2D eigenvalue weighted by Crippen LogP contribution is 2.33. The second kappa shape index (κ2) is 4.46. The number of rotatable bonds is 2. The minimum Gasteiger partial charge on any atom is -0.388 e. The Morgan fingerprint density at radius 3 is 2.56 bits per heavy atom. The summed E-state index contributed by atoms with van der Waals surface area (Å²) < 4.78 is 0. The van der Waals surface area contributed by atoms with Crippen LogP contribution in [-0.2, 0) is 4.79 Å². The van der Waals surface area contributed by atoms with Crippen LogP contribution in [0, 0.1) is 17.2 Å². The number of hydrogen-bond donors (Lipinski definition) is 1. The van der Waals surface area contributed by atoms with Crippen LogP contribution in [0.2, 0.25) is 0 Å². The molecule has 0 amide bonds. The summed E-state index contributed by atoms with van der Waals surface area (Å²) >= 11 is 0. The zero-order valence-corrected chi connectivity index (χ0v) is 8.89. The molecular weight excluding hydrogens is 202 g/mol. The monoisotopic (exact) mass is 215 g/mol. The van der Waals surface area contributed by atoms with Crippen molar-refractivity contribution >= 4 is 5.78 Å². The number of nitrogens with zero attached hydrogens (tertiary/aromatic N) is 1. The fourth-order valence-corrected chi connectivity index (χ4v) is 2.16. The molecule has 0 bridgehead atoms. The van der Waals surface area contributed by atoms with Gasteiger partial charge in [0.05, 0.1) is 17.7 Å². The van der Waals surface area contributed by atoms with Crippen LogP contribution < -0.4 is 0 Å². The average Bonchev–Trinajstić information content (AvgIpc) is 2.75. The third-order valence-corrected chi connectivity index (χ3v) is 3.11. The topological polar surface area (TPSA) is 61.1 Å². The smallest absolute Gasteiger partial charge is 0.138 e. The fourth-order valence-electron chi connectivity index (χ4n) is 2.16. The van der Waals surface area contributed by atoms with Crippen LogP contribution in [0.15, 0.2) is 24.3 Å². The molecule has 2 rings (SSSR count). The summed E-state index contributed by atoms with van der Waals surface area (Å²) in [4.78, 5) is 11.5. The normalized spacial score (nSPS) is 21.8. The van der Waals surface area contributed by atoms with Gasteiger partial charge in [0.15, 0.2) is 0 Å².